The number of aliphatic carboxylic acids is 1. The largest absolute Gasteiger partial charge is 0.479 e. The highest BCUT2D eigenvalue weighted by Gasteiger charge is 2.52. The molecule has 1 unspecified atom stereocenters. The molecule has 0 aromatic carbocycles. The van der Waals surface area contributed by atoms with E-state index in [1.54, 1.807) is 0 Å². The van der Waals surface area contributed by atoms with Crippen molar-refractivity contribution in [1.29, 1.82) is 0 Å². The Morgan fingerprint density at radius 1 is 1.41 bits per heavy atom. The third kappa shape index (κ3) is 4.29. The van der Waals surface area contributed by atoms with Crippen molar-refractivity contribution in [2.24, 2.45) is 0 Å². The first-order valence-electron chi connectivity index (χ1n) is 7.92. The first-order valence-corrected chi connectivity index (χ1v) is 11.2. The van der Waals surface area contributed by atoms with Crippen LogP contribution in [0.4, 0.5) is 0 Å². The maximum absolute atomic E-state index is 12.5. The minimum Gasteiger partial charge on any atom is -0.479 e. The van der Waals surface area contributed by atoms with E-state index in [4.69, 9.17) is 4.74 Å². The molecule has 2 atom stereocenters. The third-order valence-electron chi connectivity index (χ3n) is 3.93. The topological polar surface area (TPSA) is 113 Å². The number of amides is 2. The van der Waals surface area contributed by atoms with Crippen molar-refractivity contribution >= 4 is 69.4 Å². The van der Waals surface area contributed by atoms with Gasteiger partial charge in [0.05, 0.1) is 23.2 Å². The van der Waals surface area contributed by atoms with E-state index in [0.717, 1.165) is 21.5 Å². The van der Waals surface area contributed by atoms with Crippen molar-refractivity contribution in [3.63, 3.8) is 0 Å². The van der Waals surface area contributed by atoms with Gasteiger partial charge in [-0.2, -0.15) is 0 Å². The smallest absolute Gasteiger partial charge is 0.339 e. The lowest BCUT2D eigenvalue weighted by atomic mass is 10.0. The number of thiophene rings is 1. The van der Waals surface area contributed by atoms with Crippen LogP contribution < -0.4 is 5.32 Å². The monoisotopic (exact) mass is 522 g/mol. The number of carbonyl (C=O) groups excluding carboxylic acids is 3. The minimum absolute atomic E-state index is 0.105. The average Bonchev–Trinajstić information content (AvgIpc) is 3.10. The van der Waals surface area contributed by atoms with Gasteiger partial charge in [-0.1, -0.05) is 40.4 Å². The molecule has 27 heavy (non-hydrogen) atoms. The molecule has 1 aromatic heterocycles. The normalized spacial score (nSPS) is 21.4. The van der Waals surface area contributed by atoms with Crippen LogP contribution in [0.15, 0.2) is 28.1 Å². The lowest BCUT2D eigenvalue weighted by Crippen LogP contribution is -2.62. The Balaban J connectivity index is 1.90. The summed E-state index contributed by atoms with van der Waals surface area (Å²) in [6.45, 7) is 0.105. The molecule has 1 aromatic rings. The third-order valence-corrected chi connectivity index (χ3v) is 6.47. The second-order valence-electron chi connectivity index (χ2n) is 5.69. The summed E-state index contributed by atoms with van der Waals surface area (Å²) in [6, 6.07) is 2.18. The molecule has 3 rings (SSSR count). The fraction of sp³-hybridized carbons (Fsp3) is 0.375. The number of nitrogens with one attached hydrogen (secondary N) is 1. The first-order chi connectivity index (χ1) is 12.9. The molecular formula is C16H15IN2O6S2. The van der Waals surface area contributed by atoms with Crippen molar-refractivity contribution < 1.29 is 29.0 Å². The molecule has 0 spiro atoms. The predicted octanol–water partition coefficient (Wildman–Crippen LogP) is 1.35. The van der Waals surface area contributed by atoms with E-state index in [9.17, 15) is 24.3 Å². The van der Waals surface area contributed by atoms with Crippen LogP contribution in [-0.2, 0) is 30.3 Å². The number of carbonyl (C=O) groups is 4. The maximum atomic E-state index is 12.5. The molecule has 1 fully saturated rings. The molecule has 0 saturated carbocycles. The Hall–Kier alpha value is -1.60. The van der Waals surface area contributed by atoms with Crippen LogP contribution in [0.1, 0.15) is 11.3 Å². The number of carboxylic acids is 1. The zero-order chi connectivity index (χ0) is 19.6. The quantitative estimate of drug-likeness (QED) is 0.241. The zero-order valence-electron chi connectivity index (χ0n) is 13.8. The number of fused-ring (bicyclic) bond motifs is 1. The summed E-state index contributed by atoms with van der Waals surface area (Å²) in [4.78, 5) is 50.6. The van der Waals surface area contributed by atoms with Gasteiger partial charge in [0.1, 0.15) is 12.2 Å². The van der Waals surface area contributed by atoms with Gasteiger partial charge >= 0.3 is 11.9 Å². The van der Waals surface area contributed by atoms with Crippen LogP contribution in [0.2, 0.25) is 0 Å². The summed E-state index contributed by atoms with van der Waals surface area (Å²) in [6.07, 6.45) is 0.275. The van der Waals surface area contributed by atoms with Crippen molar-refractivity contribution in [3.8, 4) is 0 Å². The molecule has 8 nitrogen and oxygen atoms in total. The number of ether oxygens (including phenoxy) is 1. The molecular weight excluding hydrogens is 507 g/mol. The Bertz CT molecular complexity index is 810. The second kappa shape index (κ2) is 8.61. The van der Waals surface area contributed by atoms with E-state index in [0.29, 0.717) is 4.43 Å². The van der Waals surface area contributed by atoms with Crippen LogP contribution >= 0.6 is 45.7 Å². The van der Waals surface area contributed by atoms with Crippen molar-refractivity contribution in [1.82, 2.24) is 10.2 Å². The number of thioether (sulfide) groups is 1. The second-order valence-corrected chi connectivity index (χ2v) is 8.99. The van der Waals surface area contributed by atoms with Gasteiger partial charge in [-0.3, -0.25) is 9.59 Å². The van der Waals surface area contributed by atoms with E-state index in [1.807, 2.05) is 40.1 Å². The Morgan fingerprint density at radius 3 is 2.78 bits per heavy atom. The van der Waals surface area contributed by atoms with E-state index in [2.05, 4.69) is 5.32 Å². The lowest BCUT2D eigenvalue weighted by molar-refractivity contribution is -0.158. The van der Waals surface area contributed by atoms with E-state index >= 15 is 0 Å². The molecule has 1 saturated heterocycles. The highest BCUT2D eigenvalue weighted by Crippen LogP contribution is 2.43. The van der Waals surface area contributed by atoms with Crippen LogP contribution in [0.25, 0.3) is 0 Å². The summed E-state index contributed by atoms with van der Waals surface area (Å²) < 4.78 is 5.64. The predicted molar refractivity (Wildman–Crippen MR) is 107 cm³/mol. The summed E-state index contributed by atoms with van der Waals surface area (Å²) in [5.74, 6) is -2.87. The molecule has 2 aliphatic heterocycles. The van der Waals surface area contributed by atoms with Gasteiger partial charge < -0.3 is 20.1 Å². The number of carboxylic acid groups (broad SMARTS) is 1. The van der Waals surface area contributed by atoms with Crippen LogP contribution in [0, 0.1) is 0 Å². The zero-order valence-corrected chi connectivity index (χ0v) is 17.6. The SMILES string of the molecule is O=C(Cc1cccs1)NC1=C(C(=O)OCCI)C(C(=O)O)N2C(=O)C[C@H]2S1. The van der Waals surface area contributed by atoms with Crippen LogP contribution in [0.5, 0.6) is 0 Å². The highest BCUT2D eigenvalue weighted by molar-refractivity contribution is 14.1. The molecule has 0 radical (unpaired) electrons. The highest BCUT2D eigenvalue weighted by atomic mass is 127. The number of β-lactam (4-membered cyclic amide) rings is 1. The van der Waals surface area contributed by atoms with Gasteiger partial charge in [0, 0.05) is 9.30 Å². The fourth-order valence-corrected chi connectivity index (χ4v) is 5.04. The summed E-state index contributed by atoms with van der Waals surface area (Å²) in [5.41, 5.74) is -0.207. The molecule has 0 bridgehead atoms. The molecule has 2 N–H and O–H groups in total. The van der Waals surface area contributed by atoms with Gasteiger partial charge in [0.2, 0.25) is 11.8 Å². The number of halogens is 1. The minimum atomic E-state index is -1.46. The molecule has 3 heterocycles. The van der Waals surface area contributed by atoms with E-state index < -0.39 is 23.4 Å². The molecule has 2 amide bonds. The number of hydrogen-bond acceptors (Lipinski definition) is 7. The number of esters is 1. The van der Waals surface area contributed by atoms with Crippen molar-refractivity contribution in [3.05, 3.63) is 33.0 Å². The van der Waals surface area contributed by atoms with Crippen LogP contribution in [0.3, 0.4) is 0 Å². The fourth-order valence-electron chi connectivity index (χ4n) is 2.77. The van der Waals surface area contributed by atoms with Crippen molar-refractivity contribution in [2.45, 2.75) is 24.3 Å². The lowest BCUT2D eigenvalue weighted by Gasteiger charge is -2.47. The Morgan fingerprint density at radius 2 is 2.19 bits per heavy atom. The van der Waals surface area contributed by atoms with Gasteiger partial charge in [0.25, 0.3) is 0 Å². The van der Waals surface area contributed by atoms with E-state index in [1.165, 1.54) is 11.3 Å². The molecule has 144 valence electrons. The molecule has 0 aliphatic carbocycles. The van der Waals surface area contributed by atoms with E-state index in [-0.39, 0.29) is 41.9 Å². The maximum Gasteiger partial charge on any atom is 0.339 e. The number of nitrogens with zero attached hydrogens (tertiary/aromatic N) is 1. The number of hydrogen-bond donors (Lipinski definition) is 2. The van der Waals surface area contributed by atoms with Gasteiger partial charge in [-0.05, 0) is 11.4 Å². The van der Waals surface area contributed by atoms with Gasteiger partial charge in [-0.15, -0.1) is 11.3 Å². The Kier molecular flexibility index (Phi) is 6.42. The number of rotatable bonds is 7. The van der Waals surface area contributed by atoms with Gasteiger partial charge in [-0.25, -0.2) is 9.59 Å². The summed E-state index contributed by atoms with van der Waals surface area (Å²) in [7, 11) is 0. The summed E-state index contributed by atoms with van der Waals surface area (Å²) in [5, 5.41) is 13.9. The van der Waals surface area contributed by atoms with Crippen LogP contribution in [-0.4, -0.2) is 56.2 Å². The molecule has 11 heteroatoms. The van der Waals surface area contributed by atoms with Crippen molar-refractivity contribution in [2.75, 3.05) is 11.0 Å². The Labute approximate surface area is 176 Å². The first kappa shape index (κ1) is 20.1. The summed E-state index contributed by atoms with van der Waals surface area (Å²) >= 11 is 4.55. The molecule has 2 aliphatic rings. The van der Waals surface area contributed by atoms with Gasteiger partial charge in [0.15, 0.2) is 6.04 Å². The standard InChI is InChI=1S/C16H15IN2O6S2/c17-3-4-25-16(24)12-13(15(22)23)19-10(21)7-11(19)27-14(12)18-9(20)6-8-2-1-5-26-8/h1-2,5,11,13H,3-4,6-7H2,(H,18,20)(H,22,23)/t11-,13?/m1/s1. The number of alkyl halides is 1. The average molecular weight is 522 g/mol.